The van der Waals surface area contributed by atoms with E-state index in [0.29, 0.717) is 5.96 Å². The molecule has 0 aromatic heterocycles. The van der Waals surface area contributed by atoms with Gasteiger partial charge in [-0.05, 0) is 63.9 Å². The fourth-order valence-electron chi connectivity index (χ4n) is 4.20. The Kier molecular flexibility index (Phi) is 4.41. The summed E-state index contributed by atoms with van der Waals surface area (Å²) < 4.78 is 0. The Hall–Kier alpha value is -2.81. The largest absolute Gasteiger partial charge is 0.316 e. The van der Waals surface area contributed by atoms with E-state index in [-0.39, 0.29) is 5.41 Å². The van der Waals surface area contributed by atoms with Crippen LogP contribution in [0.25, 0.3) is 10.8 Å². The predicted molar refractivity (Wildman–Crippen MR) is 121 cm³/mol. The standard InChI is InChI=1S/C25H29N3/c1-25(2,3)19-10-7-11-20(16-19)27(4)24(26)28(5)22-15-13-18-9-6-8-17-12-14-21(22)23(17)18/h6-11,13,15-16,26H,12,14H2,1-5H3. The van der Waals surface area contributed by atoms with Crippen LogP contribution in [0.3, 0.4) is 0 Å². The van der Waals surface area contributed by atoms with Crippen molar-refractivity contribution in [3.63, 3.8) is 0 Å². The molecule has 0 aliphatic heterocycles. The normalized spacial score (nSPS) is 13.0. The molecule has 3 aromatic rings. The first-order valence-electron chi connectivity index (χ1n) is 9.97. The van der Waals surface area contributed by atoms with Crippen LogP contribution in [-0.2, 0) is 18.3 Å². The van der Waals surface area contributed by atoms with Crippen LogP contribution in [-0.4, -0.2) is 20.1 Å². The molecule has 1 N–H and O–H groups in total. The molecule has 0 heterocycles. The minimum Gasteiger partial charge on any atom is -0.316 e. The van der Waals surface area contributed by atoms with E-state index in [1.807, 2.05) is 23.9 Å². The molecule has 144 valence electrons. The number of anilines is 2. The summed E-state index contributed by atoms with van der Waals surface area (Å²) in [5.74, 6) is 0.478. The molecule has 0 spiro atoms. The minimum atomic E-state index is 0.0889. The summed E-state index contributed by atoms with van der Waals surface area (Å²) in [4.78, 5) is 3.98. The highest BCUT2D eigenvalue weighted by Crippen LogP contribution is 2.37. The molecule has 0 unspecified atom stereocenters. The van der Waals surface area contributed by atoms with Crippen LogP contribution < -0.4 is 9.80 Å². The van der Waals surface area contributed by atoms with E-state index in [1.165, 1.54) is 27.5 Å². The lowest BCUT2D eigenvalue weighted by Gasteiger charge is -2.30. The van der Waals surface area contributed by atoms with Crippen molar-refractivity contribution < 1.29 is 0 Å². The lowest BCUT2D eigenvalue weighted by molar-refractivity contribution is 0.590. The Morgan fingerprint density at radius 1 is 0.893 bits per heavy atom. The SMILES string of the molecule is CN(C(=N)N(C)c1ccc2cccc3c2c1CC3)c1cccc(C(C)(C)C)c1. The van der Waals surface area contributed by atoms with Crippen molar-refractivity contribution in [1.29, 1.82) is 5.41 Å². The molecule has 1 aliphatic rings. The monoisotopic (exact) mass is 371 g/mol. The third-order valence-corrected chi connectivity index (χ3v) is 5.96. The van der Waals surface area contributed by atoms with Gasteiger partial charge >= 0.3 is 0 Å². The fraction of sp³-hybridized carbons (Fsp3) is 0.320. The van der Waals surface area contributed by atoms with Gasteiger partial charge in [0.05, 0.1) is 0 Å². The zero-order valence-electron chi connectivity index (χ0n) is 17.5. The Balaban J connectivity index is 1.67. The van der Waals surface area contributed by atoms with Gasteiger partial charge in [0.2, 0.25) is 5.96 Å². The zero-order chi connectivity index (χ0) is 20.1. The maximum Gasteiger partial charge on any atom is 0.202 e. The molecular formula is C25H29N3. The van der Waals surface area contributed by atoms with E-state index < -0.39 is 0 Å². The molecule has 3 heteroatoms. The van der Waals surface area contributed by atoms with E-state index in [4.69, 9.17) is 5.41 Å². The Bertz CT molecular complexity index is 1060. The number of rotatable bonds is 2. The van der Waals surface area contributed by atoms with Crippen molar-refractivity contribution in [2.45, 2.75) is 39.0 Å². The third-order valence-electron chi connectivity index (χ3n) is 5.96. The average molecular weight is 372 g/mol. The molecule has 0 bridgehead atoms. The van der Waals surface area contributed by atoms with Crippen LogP contribution in [0.2, 0.25) is 0 Å². The maximum absolute atomic E-state index is 8.85. The number of hydrogen-bond donors (Lipinski definition) is 1. The molecule has 0 radical (unpaired) electrons. The molecule has 3 aromatic carbocycles. The Labute approximate surface area is 168 Å². The van der Waals surface area contributed by atoms with Crippen molar-refractivity contribution in [3.05, 3.63) is 71.3 Å². The van der Waals surface area contributed by atoms with E-state index in [0.717, 1.165) is 24.2 Å². The zero-order valence-corrected chi connectivity index (χ0v) is 17.5. The summed E-state index contributed by atoms with van der Waals surface area (Å²) in [6, 6.07) is 19.4. The molecule has 1 aliphatic carbocycles. The molecule has 0 fully saturated rings. The van der Waals surface area contributed by atoms with Gasteiger partial charge in [-0.3, -0.25) is 5.41 Å². The number of hydrogen-bond acceptors (Lipinski definition) is 1. The molecule has 3 nitrogen and oxygen atoms in total. The second-order valence-electron chi connectivity index (χ2n) is 8.82. The molecule has 4 rings (SSSR count). The Morgan fingerprint density at radius 2 is 1.64 bits per heavy atom. The van der Waals surface area contributed by atoms with Gasteiger partial charge in [-0.25, -0.2) is 0 Å². The fourth-order valence-corrected chi connectivity index (χ4v) is 4.20. The van der Waals surface area contributed by atoms with Crippen molar-refractivity contribution in [2.24, 2.45) is 0 Å². The highest BCUT2D eigenvalue weighted by Gasteiger charge is 2.23. The van der Waals surface area contributed by atoms with E-state index in [2.05, 4.69) is 75.4 Å². The van der Waals surface area contributed by atoms with Crippen LogP contribution in [0.4, 0.5) is 11.4 Å². The summed E-state index contributed by atoms with van der Waals surface area (Å²) in [7, 11) is 3.98. The first kappa shape index (κ1) is 18.5. The highest BCUT2D eigenvalue weighted by atomic mass is 15.3. The van der Waals surface area contributed by atoms with E-state index in [1.54, 1.807) is 0 Å². The summed E-state index contributed by atoms with van der Waals surface area (Å²) in [5.41, 5.74) is 6.36. The van der Waals surface area contributed by atoms with Crippen LogP contribution in [0.15, 0.2) is 54.6 Å². The second-order valence-corrected chi connectivity index (χ2v) is 8.82. The summed E-state index contributed by atoms with van der Waals surface area (Å²) in [6.07, 6.45) is 2.14. The lowest BCUT2D eigenvalue weighted by atomic mass is 9.87. The molecule has 0 saturated carbocycles. The highest BCUT2D eigenvalue weighted by molar-refractivity contribution is 6.07. The predicted octanol–water partition coefficient (Wildman–Crippen LogP) is 5.74. The van der Waals surface area contributed by atoms with Crippen LogP contribution in [0.1, 0.15) is 37.5 Å². The maximum atomic E-state index is 8.85. The first-order valence-corrected chi connectivity index (χ1v) is 9.97. The summed E-state index contributed by atoms with van der Waals surface area (Å²) in [6.45, 7) is 6.66. The van der Waals surface area contributed by atoms with Gasteiger partial charge in [-0.1, -0.05) is 57.2 Å². The number of guanidine groups is 1. The van der Waals surface area contributed by atoms with Crippen LogP contribution in [0, 0.1) is 5.41 Å². The molecule has 0 atom stereocenters. The van der Waals surface area contributed by atoms with Crippen molar-refractivity contribution in [3.8, 4) is 0 Å². The topological polar surface area (TPSA) is 30.3 Å². The quantitative estimate of drug-likeness (QED) is 0.460. The number of aryl methyl sites for hydroxylation is 2. The Morgan fingerprint density at radius 3 is 2.39 bits per heavy atom. The van der Waals surface area contributed by atoms with Crippen molar-refractivity contribution in [2.75, 3.05) is 23.9 Å². The molecule has 0 saturated heterocycles. The lowest BCUT2D eigenvalue weighted by Crippen LogP contribution is -2.40. The van der Waals surface area contributed by atoms with Gasteiger partial charge in [0, 0.05) is 25.5 Å². The molecule has 0 amide bonds. The number of benzene rings is 3. The minimum absolute atomic E-state index is 0.0889. The van der Waals surface area contributed by atoms with E-state index >= 15 is 0 Å². The third kappa shape index (κ3) is 3.05. The van der Waals surface area contributed by atoms with Gasteiger partial charge in [0.25, 0.3) is 0 Å². The first-order chi connectivity index (χ1) is 13.3. The van der Waals surface area contributed by atoms with Crippen molar-refractivity contribution in [1.82, 2.24) is 0 Å². The smallest absolute Gasteiger partial charge is 0.202 e. The van der Waals surface area contributed by atoms with Gasteiger partial charge in [-0.15, -0.1) is 0 Å². The molecular weight excluding hydrogens is 342 g/mol. The van der Waals surface area contributed by atoms with Gasteiger partial charge in [-0.2, -0.15) is 0 Å². The molecule has 28 heavy (non-hydrogen) atoms. The second kappa shape index (κ2) is 6.66. The van der Waals surface area contributed by atoms with Crippen molar-refractivity contribution >= 4 is 28.1 Å². The van der Waals surface area contributed by atoms with Gasteiger partial charge in [0.1, 0.15) is 0 Å². The van der Waals surface area contributed by atoms with Crippen LogP contribution in [0.5, 0.6) is 0 Å². The van der Waals surface area contributed by atoms with E-state index in [9.17, 15) is 0 Å². The number of nitrogens with zero attached hydrogens (tertiary/aromatic N) is 2. The van der Waals surface area contributed by atoms with Crippen LogP contribution >= 0.6 is 0 Å². The average Bonchev–Trinajstić information content (AvgIpc) is 3.12. The number of nitrogens with one attached hydrogen (secondary N) is 1. The van der Waals surface area contributed by atoms with Gasteiger partial charge < -0.3 is 9.80 Å². The summed E-state index contributed by atoms with van der Waals surface area (Å²) >= 11 is 0. The summed E-state index contributed by atoms with van der Waals surface area (Å²) in [5, 5.41) is 11.5. The van der Waals surface area contributed by atoms with Gasteiger partial charge in [0.15, 0.2) is 0 Å².